The zero-order chi connectivity index (χ0) is 17.1. The number of carbonyl (C=O) groups is 1. The van der Waals surface area contributed by atoms with Crippen LogP contribution in [0.1, 0.15) is 29.9 Å². The van der Waals surface area contributed by atoms with Gasteiger partial charge in [0.15, 0.2) is 0 Å². The number of aromatic carboxylic acids is 1. The number of benzene rings is 2. The van der Waals surface area contributed by atoms with E-state index in [2.05, 4.69) is 30.2 Å². The van der Waals surface area contributed by atoms with E-state index < -0.39 is 5.97 Å². The van der Waals surface area contributed by atoms with E-state index in [9.17, 15) is 9.90 Å². The van der Waals surface area contributed by atoms with Crippen molar-refractivity contribution in [3.63, 3.8) is 0 Å². The van der Waals surface area contributed by atoms with Crippen LogP contribution in [0, 0.1) is 0 Å². The van der Waals surface area contributed by atoms with Crippen molar-refractivity contribution in [2.45, 2.75) is 36.2 Å². The Morgan fingerprint density at radius 1 is 1.21 bits per heavy atom. The Bertz CT molecular complexity index is 856. The molecule has 0 spiro atoms. The van der Waals surface area contributed by atoms with Crippen LogP contribution in [0.3, 0.4) is 0 Å². The zero-order valence-corrected chi connectivity index (χ0v) is 14.5. The summed E-state index contributed by atoms with van der Waals surface area (Å²) in [7, 11) is 0. The van der Waals surface area contributed by atoms with Gasteiger partial charge in [-0.1, -0.05) is 49.9 Å². The number of rotatable bonds is 6. The molecule has 0 aliphatic heterocycles. The van der Waals surface area contributed by atoms with Crippen LogP contribution in [0.4, 0.5) is 0 Å². The van der Waals surface area contributed by atoms with Crippen LogP contribution in [0.2, 0.25) is 0 Å². The Hall–Kier alpha value is -2.24. The summed E-state index contributed by atoms with van der Waals surface area (Å²) in [5.41, 5.74) is 2.23. The monoisotopic (exact) mass is 340 g/mol. The molecule has 124 valence electrons. The number of aromatic nitrogens is 1. The third-order valence-corrected chi connectivity index (χ3v) is 4.84. The van der Waals surface area contributed by atoms with Gasteiger partial charge in [0.2, 0.25) is 0 Å². The predicted octanol–water partition coefficient (Wildman–Crippen LogP) is 4.52. The minimum atomic E-state index is -0.938. The maximum atomic E-state index is 11.6. The summed E-state index contributed by atoms with van der Waals surface area (Å²) < 4.78 is 0. The molecule has 0 radical (unpaired) electrons. The van der Waals surface area contributed by atoms with Gasteiger partial charge in [0.25, 0.3) is 0 Å². The molecule has 4 nitrogen and oxygen atoms in total. The smallest absolute Gasteiger partial charge is 0.353 e. The second-order valence-corrected chi connectivity index (χ2v) is 7.05. The molecule has 0 aliphatic carbocycles. The van der Waals surface area contributed by atoms with E-state index in [0.717, 1.165) is 32.8 Å². The first-order chi connectivity index (χ1) is 11.5. The third-order valence-electron chi connectivity index (χ3n) is 3.71. The average Bonchev–Trinajstić information content (AvgIpc) is 2.92. The standard InChI is InChI=1S/C19H20N2O2S/c1-12(2)20-11-13-8-9-16-15(10-13)18(17(21-16)19(22)23)24-14-6-4-3-5-7-14/h3-10,12,20-21H,11H2,1-2H3,(H,22,23). The Morgan fingerprint density at radius 2 is 1.96 bits per heavy atom. The van der Waals surface area contributed by atoms with E-state index in [1.807, 2.05) is 42.5 Å². The maximum Gasteiger partial charge on any atom is 0.353 e. The molecule has 0 amide bonds. The Kier molecular flexibility index (Phi) is 4.92. The second kappa shape index (κ2) is 7.11. The summed E-state index contributed by atoms with van der Waals surface area (Å²) >= 11 is 1.48. The molecule has 0 saturated heterocycles. The minimum Gasteiger partial charge on any atom is -0.477 e. The lowest BCUT2D eigenvalue weighted by molar-refractivity contribution is 0.0688. The number of hydrogen-bond acceptors (Lipinski definition) is 3. The van der Waals surface area contributed by atoms with Gasteiger partial charge in [0.1, 0.15) is 5.69 Å². The van der Waals surface area contributed by atoms with Gasteiger partial charge in [-0.3, -0.25) is 0 Å². The summed E-state index contributed by atoms with van der Waals surface area (Å²) in [5.74, 6) is -0.938. The van der Waals surface area contributed by atoms with Gasteiger partial charge in [-0.05, 0) is 29.8 Å². The van der Waals surface area contributed by atoms with Gasteiger partial charge < -0.3 is 15.4 Å². The molecule has 0 atom stereocenters. The van der Waals surface area contributed by atoms with Crippen LogP contribution < -0.4 is 5.32 Å². The summed E-state index contributed by atoms with van der Waals surface area (Å²) in [6.45, 7) is 4.97. The molecular weight excluding hydrogens is 320 g/mol. The molecule has 2 aromatic carbocycles. The number of carboxylic acid groups (broad SMARTS) is 1. The summed E-state index contributed by atoms with van der Waals surface area (Å²) in [4.78, 5) is 16.4. The second-order valence-electron chi connectivity index (χ2n) is 5.96. The fourth-order valence-corrected chi connectivity index (χ4v) is 3.56. The number of aromatic amines is 1. The molecule has 1 heterocycles. The van der Waals surface area contributed by atoms with E-state index in [4.69, 9.17) is 0 Å². The van der Waals surface area contributed by atoms with Gasteiger partial charge in [-0.2, -0.15) is 0 Å². The normalized spacial score (nSPS) is 11.3. The SMILES string of the molecule is CC(C)NCc1ccc2[nH]c(C(=O)O)c(Sc3ccccc3)c2c1. The van der Waals surface area contributed by atoms with E-state index in [1.165, 1.54) is 11.8 Å². The van der Waals surface area contributed by atoms with E-state index >= 15 is 0 Å². The van der Waals surface area contributed by atoms with E-state index in [1.54, 1.807) is 0 Å². The highest BCUT2D eigenvalue weighted by atomic mass is 32.2. The number of nitrogens with one attached hydrogen (secondary N) is 2. The van der Waals surface area contributed by atoms with Crippen molar-refractivity contribution in [2.75, 3.05) is 0 Å². The van der Waals surface area contributed by atoms with Crippen molar-refractivity contribution in [2.24, 2.45) is 0 Å². The lowest BCUT2D eigenvalue weighted by Crippen LogP contribution is -2.21. The highest BCUT2D eigenvalue weighted by molar-refractivity contribution is 7.99. The van der Waals surface area contributed by atoms with Crippen molar-refractivity contribution in [1.82, 2.24) is 10.3 Å². The van der Waals surface area contributed by atoms with Crippen LogP contribution in [-0.4, -0.2) is 22.1 Å². The van der Waals surface area contributed by atoms with Gasteiger partial charge in [-0.15, -0.1) is 0 Å². The summed E-state index contributed by atoms with van der Waals surface area (Å²) in [5, 5.41) is 13.9. The van der Waals surface area contributed by atoms with Crippen LogP contribution >= 0.6 is 11.8 Å². The Labute approximate surface area is 145 Å². The molecule has 5 heteroatoms. The minimum absolute atomic E-state index is 0.243. The fourth-order valence-electron chi connectivity index (χ4n) is 2.51. The molecule has 24 heavy (non-hydrogen) atoms. The molecule has 0 bridgehead atoms. The fraction of sp³-hybridized carbons (Fsp3) is 0.211. The first-order valence-electron chi connectivity index (χ1n) is 7.89. The molecule has 3 aromatic rings. The predicted molar refractivity (Wildman–Crippen MR) is 97.8 cm³/mol. The zero-order valence-electron chi connectivity index (χ0n) is 13.7. The highest BCUT2D eigenvalue weighted by Gasteiger charge is 2.18. The number of fused-ring (bicyclic) bond motifs is 1. The molecule has 1 aromatic heterocycles. The van der Waals surface area contributed by atoms with Crippen LogP contribution in [0.5, 0.6) is 0 Å². The summed E-state index contributed by atoms with van der Waals surface area (Å²) in [6.07, 6.45) is 0. The van der Waals surface area contributed by atoms with Crippen molar-refractivity contribution in [1.29, 1.82) is 0 Å². The largest absolute Gasteiger partial charge is 0.477 e. The molecule has 0 saturated carbocycles. The Morgan fingerprint density at radius 3 is 2.62 bits per heavy atom. The quantitative estimate of drug-likeness (QED) is 0.617. The maximum absolute atomic E-state index is 11.6. The molecule has 3 N–H and O–H groups in total. The lowest BCUT2D eigenvalue weighted by atomic mass is 10.1. The van der Waals surface area contributed by atoms with Gasteiger partial charge in [-0.25, -0.2) is 4.79 Å². The molecule has 0 fully saturated rings. The van der Waals surface area contributed by atoms with E-state index in [0.29, 0.717) is 6.04 Å². The van der Waals surface area contributed by atoms with E-state index in [-0.39, 0.29) is 5.69 Å². The third kappa shape index (κ3) is 3.63. The lowest BCUT2D eigenvalue weighted by Gasteiger charge is -2.08. The van der Waals surface area contributed by atoms with Gasteiger partial charge in [0.05, 0.1) is 4.90 Å². The topological polar surface area (TPSA) is 65.1 Å². The van der Waals surface area contributed by atoms with Gasteiger partial charge >= 0.3 is 5.97 Å². The molecule has 0 aliphatic rings. The van der Waals surface area contributed by atoms with Crippen molar-refractivity contribution in [3.05, 3.63) is 59.8 Å². The molecule has 3 rings (SSSR count). The number of carboxylic acids is 1. The highest BCUT2D eigenvalue weighted by Crippen LogP contribution is 2.37. The van der Waals surface area contributed by atoms with Crippen molar-refractivity contribution >= 4 is 28.6 Å². The van der Waals surface area contributed by atoms with Crippen molar-refractivity contribution in [3.8, 4) is 0 Å². The molecular formula is C19H20N2O2S. The summed E-state index contributed by atoms with van der Waals surface area (Å²) in [6, 6.07) is 16.3. The number of H-pyrrole nitrogens is 1. The van der Waals surface area contributed by atoms with Crippen LogP contribution in [0.25, 0.3) is 10.9 Å². The molecule has 0 unspecified atom stereocenters. The number of hydrogen-bond donors (Lipinski definition) is 3. The first kappa shape index (κ1) is 16.6. The van der Waals surface area contributed by atoms with Crippen LogP contribution in [0.15, 0.2) is 58.3 Å². The average molecular weight is 340 g/mol. The van der Waals surface area contributed by atoms with Crippen molar-refractivity contribution < 1.29 is 9.90 Å². The first-order valence-corrected chi connectivity index (χ1v) is 8.70. The Balaban J connectivity index is 2.03. The van der Waals surface area contributed by atoms with Gasteiger partial charge in [0, 0.05) is 28.4 Å². The van der Waals surface area contributed by atoms with Crippen LogP contribution in [-0.2, 0) is 6.54 Å².